The molecule has 2 heterocycles. The third kappa shape index (κ3) is 4.26. The van der Waals surface area contributed by atoms with Crippen molar-refractivity contribution >= 4 is 11.4 Å². The van der Waals surface area contributed by atoms with Crippen LogP contribution in [0.1, 0.15) is 22.7 Å². The van der Waals surface area contributed by atoms with E-state index in [-0.39, 0.29) is 5.92 Å². The van der Waals surface area contributed by atoms with Gasteiger partial charge in [0.05, 0.1) is 29.2 Å². The van der Waals surface area contributed by atoms with Gasteiger partial charge in [0.25, 0.3) is 0 Å². The Morgan fingerprint density at radius 1 is 0.605 bits per heavy atom. The first-order valence-electron chi connectivity index (χ1n) is 12.8. The van der Waals surface area contributed by atoms with Gasteiger partial charge in [-0.2, -0.15) is 0 Å². The predicted molar refractivity (Wildman–Crippen MR) is 155 cm³/mol. The molecule has 0 saturated heterocycles. The Kier molecular flexibility index (Phi) is 6.04. The van der Waals surface area contributed by atoms with Crippen LogP contribution >= 0.6 is 0 Å². The normalized spacial score (nSPS) is 12.3. The molecule has 0 aliphatic carbocycles. The molecular weight excluding hydrogens is 468 g/mol. The van der Waals surface area contributed by atoms with Crippen molar-refractivity contribution in [2.24, 2.45) is 0 Å². The average molecular weight is 499 g/mol. The number of aromatic nitrogens is 2. The van der Waals surface area contributed by atoms with Crippen LogP contribution in [0.4, 0.5) is 11.4 Å². The molecule has 5 nitrogen and oxygen atoms in total. The number of hydrogen-bond donors (Lipinski definition) is 0. The SMILES string of the molecule is CN(C)c1ccc2c(c1)Oc1cc(N(C)C)ccc1C2c1cnc(-c2ccccc2)c(-c2ccccc2)n1. The number of rotatable bonds is 5. The molecule has 38 heavy (non-hydrogen) atoms. The number of benzene rings is 4. The van der Waals surface area contributed by atoms with E-state index in [0.717, 1.165) is 62.2 Å². The molecule has 6 rings (SSSR count). The van der Waals surface area contributed by atoms with Crippen molar-refractivity contribution in [2.45, 2.75) is 5.92 Å². The van der Waals surface area contributed by atoms with Gasteiger partial charge in [-0.3, -0.25) is 4.98 Å². The molecule has 0 spiro atoms. The van der Waals surface area contributed by atoms with Crippen molar-refractivity contribution in [3.8, 4) is 34.0 Å². The van der Waals surface area contributed by atoms with Gasteiger partial charge in [-0.15, -0.1) is 0 Å². The fraction of sp³-hybridized carbons (Fsp3) is 0.152. The van der Waals surface area contributed by atoms with Crippen molar-refractivity contribution in [2.75, 3.05) is 38.0 Å². The Bertz CT molecular complexity index is 1540. The van der Waals surface area contributed by atoms with Crippen molar-refractivity contribution in [1.29, 1.82) is 0 Å². The largest absolute Gasteiger partial charge is 0.457 e. The molecular formula is C33H30N4O. The highest BCUT2D eigenvalue weighted by Gasteiger charge is 2.31. The molecule has 0 N–H and O–H groups in total. The van der Waals surface area contributed by atoms with E-state index in [1.807, 2.05) is 70.8 Å². The van der Waals surface area contributed by atoms with E-state index in [2.05, 4.69) is 70.5 Å². The molecule has 0 unspecified atom stereocenters. The standard InChI is InChI=1S/C33H30N4O/c1-36(2)24-15-17-26-29(19-24)38-30-20-25(37(3)4)16-18-27(30)31(26)28-21-34-32(22-11-7-5-8-12-22)33(35-28)23-13-9-6-10-14-23/h5-21,31H,1-4H3. The van der Waals surface area contributed by atoms with E-state index in [4.69, 9.17) is 14.7 Å². The summed E-state index contributed by atoms with van der Waals surface area (Å²) in [5.74, 6) is 1.58. The van der Waals surface area contributed by atoms with E-state index in [1.54, 1.807) is 0 Å². The van der Waals surface area contributed by atoms with E-state index < -0.39 is 0 Å². The predicted octanol–water partition coefficient (Wildman–Crippen LogP) is 7.23. The quantitative estimate of drug-likeness (QED) is 0.251. The number of nitrogens with zero attached hydrogens (tertiary/aromatic N) is 4. The van der Waals surface area contributed by atoms with Gasteiger partial charge in [0.1, 0.15) is 11.5 Å². The van der Waals surface area contributed by atoms with Crippen molar-refractivity contribution in [3.05, 3.63) is 120 Å². The highest BCUT2D eigenvalue weighted by Crippen LogP contribution is 2.49. The summed E-state index contributed by atoms with van der Waals surface area (Å²) in [6.07, 6.45) is 1.93. The summed E-state index contributed by atoms with van der Waals surface area (Å²) in [4.78, 5) is 14.5. The molecule has 0 amide bonds. The molecule has 0 bridgehead atoms. The van der Waals surface area contributed by atoms with Gasteiger partial charge in [-0.25, -0.2) is 4.98 Å². The second-order valence-electron chi connectivity index (χ2n) is 9.99. The summed E-state index contributed by atoms with van der Waals surface area (Å²) in [5, 5.41) is 0. The van der Waals surface area contributed by atoms with E-state index in [0.29, 0.717) is 0 Å². The summed E-state index contributed by atoms with van der Waals surface area (Å²) < 4.78 is 6.52. The van der Waals surface area contributed by atoms with Gasteiger partial charge in [0, 0.05) is 74.0 Å². The fourth-order valence-corrected chi connectivity index (χ4v) is 5.01. The Morgan fingerprint density at radius 3 is 1.61 bits per heavy atom. The van der Waals surface area contributed by atoms with Crippen LogP contribution in [0.3, 0.4) is 0 Å². The lowest BCUT2D eigenvalue weighted by atomic mass is 9.85. The zero-order valence-corrected chi connectivity index (χ0v) is 22.1. The zero-order chi connectivity index (χ0) is 26.2. The smallest absolute Gasteiger partial charge is 0.133 e. The summed E-state index contributed by atoms with van der Waals surface area (Å²) in [6, 6.07) is 33.4. The first-order chi connectivity index (χ1) is 18.5. The van der Waals surface area contributed by atoms with Crippen LogP contribution < -0.4 is 14.5 Å². The molecule has 1 aromatic heterocycles. The van der Waals surface area contributed by atoms with Gasteiger partial charge in [-0.1, -0.05) is 72.8 Å². The third-order valence-corrected chi connectivity index (χ3v) is 7.05. The first kappa shape index (κ1) is 23.7. The van der Waals surface area contributed by atoms with E-state index >= 15 is 0 Å². The number of ether oxygens (including phenoxy) is 1. The van der Waals surface area contributed by atoms with Crippen molar-refractivity contribution in [3.63, 3.8) is 0 Å². The lowest BCUT2D eigenvalue weighted by molar-refractivity contribution is 0.452. The second kappa shape index (κ2) is 9.67. The molecule has 0 fully saturated rings. The molecule has 188 valence electrons. The molecule has 5 heteroatoms. The molecule has 5 aromatic rings. The molecule has 4 aromatic carbocycles. The Balaban J connectivity index is 1.57. The van der Waals surface area contributed by atoms with Crippen LogP contribution in [0.5, 0.6) is 11.5 Å². The molecule has 1 aliphatic heterocycles. The number of hydrogen-bond acceptors (Lipinski definition) is 5. The molecule has 0 saturated carbocycles. The van der Waals surface area contributed by atoms with Gasteiger partial charge >= 0.3 is 0 Å². The molecule has 0 radical (unpaired) electrons. The maximum absolute atomic E-state index is 6.52. The molecule has 0 atom stereocenters. The number of anilines is 2. The van der Waals surface area contributed by atoms with Crippen LogP contribution in [0.2, 0.25) is 0 Å². The lowest BCUT2D eigenvalue weighted by Crippen LogP contribution is -2.16. The van der Waals surface area contributed by atoms with Crippen molar-refractivity contribution < 1.29 is 4.74 Å². The highest BCUT2D eigenvalue weighted by molar-refractivity contribution is 5.78. The zero-order valence-electron chi connectivity index (χ0n) is 22.1. The maximum Gasteiger partial charge on any atom is 0.133 e. The van der Waals surface area contributed by atoms with Crippen molar-refractivity contribution in [1.82, 2.24) is 9.97 Å². The Hall–Kier alpha value is -4.64. The van der Waals surface area contributed by atoms with Gasteiger partial charge < -0.3 is 14.5 Å². The monoisotopic (exact) mass is 498 g/mol. The van der Waals surface area contributed by atoms with Crippen LogP contribution in [0.25, 0.3) is 22.5 Å². The summed E-state index contributed by atoms with van der Waals surface area (Å²) >= 11 is 0. The topological polar surface area (TPSA) is 41.5 Å². The van der Waals surface area contributed by atoms with E-state index in [9.17, 15) is 0 Å². The maximum atomic E-state index is 6.52. The minimum absolute atomic E-state index is 0.110. The second-order valence-corrected chi connectivity index (χ2v) is 9.99. The van der Waals surface area contributed by atoms with Crippen LogP contribution in [-0.4, -0.2) is 38.2 Å². The van der Waals surface area contributed by atoms with Gasteiger partial charge in [-0.05, 0) is 12.1 Å². The average Bonchev–Trinajstić information content (AvgIpc) is 2.95. The van der Waals surface area contributed by atoms with E-state index in [1.165, 1.54) is 0 Å². The number of fused-ring (bicyclic) bond motifs is 2. The summed E-state index contributed by atoms with van der Waals surface area (Å²) in [5.41, 5.74) is 9.07. The Morgan fingerprint density at radius 2 is 1.11 bits per heavy atom. The van der Waals surface area contributed by atoms with Crippen LogP contribution in [-0.2, 0) is 0 Å². The van der Waals surface area contributed by atoms with Crippen LogP contribution in [0, 0.1) is 0 Å². The highest BCUT2D eigenvalue weighted by atomic mass is 16.5. The third-order valence-electron chi connectivity index (χ3n) is 7.05. The minimum Gasteiger partial charge on any atom is -0.457 e. The minimum atomic E-state index is -0.110. The Labute approximate surface area is 224 Å². The fourth-order valence-electron chi connectivity index (χ4n) is 5.01. The summed E-state index contributed by atoms with van der Waals surface area (Å²) in [6.45, 7) is 0. The molecule has 1 aliphatic rings. The first-order valence-corrected chi connectivity index (χ1v) is 12.8. The van der Waals surface area contributed by atoms with Gasteiger partial charge in [0.2, 0.25) is 0 Å². The summed E-state index contributed by atoms with van der Waals surface area (Å²) in [7, 11) is 8.17. The van der Waals surface area contributed by atoms with Crippen LogP contribution in [0.15, 0.2) is 103 Å². The lowest BCUT2D eigenvalue weighted by Gasteiger charge is -2.30. The van der Waals surface area contributed by atoms with Gasteiger partial charge in [0.15, 0.2) is 0 Å².